The van der Waals surface area contributed by atoms with Crippen molar-refractivity contribution < 1.29 is 0 Å². The van der Waals surface area contributed by atoms with Crippen LogP contribution in [0, 0.1) is 6.92 Å². The molecule has 4 rings (SSSR count). The van der Waals surface area contributed by atoms with Gasteiger partial charge in [0.25, 0.3) is 5.56 Å². The van der Waals surface area contributed by atoms with Crippen molar-refractivity contribution in [2.45, 2.75) is 32.4 Å². The number of hydrogen-bond donors (Lipinski definition) is 1. The van der Waals surface area contributed by atoms with Gasteiger partial charge in [-0.2, -0.15) is 5.10 Å². The third-order valence-electron chi connectivity index (χ3n) is 4.79. The molecule has 0 saturated carbocycles. The molecular formula is C18H21N5O. The standard InChI is InChI=1S/C18H21N5O/c1-12-5-3-6-13(9-12)15-7-4-8-23(15)11-16-20-17-14(18(24)21-16)10-19-22(17)2/h3,5-6,9-10,15H,4,7-8,11H2,1-2H3,(H,20,21,24). The molecule has 124 valence electrons. The van der Waals surface area contributed by atoms with Crippen LogP contribution in [0.4, 0.5) is 0 Å². The van der Waals surface area contributed by atoms with Crippen molar-refractivity contribution in [2.24, 2.45) is 7.05 Å². The van der Waals surface area contributed by atoms with Crippen LogP contribution < -0.4 is 5.56 Å². The Morgan fingerprint density at radius 3 is 3.08 bits per heavy atom. The number of H-pyrrole nitrogens is 1. The smallest absolute Gasteiger partial charge is 0.262 e. The summed E-state index contributed by atoms with van der Waals surface area (Å²) in [6.07, 6.45) is 3.87. The average molecular weight is 323 g/mol. The van der Waals surface area contributed by atoms with E-state index < -0.39 is 0 Å². The Morgan fingerprint density at radius 2 is 2.25 bits per heavy atom. The van der Waals surface area contributed by atoms with Crippen LogP contribution in [0.25, 0.3) is 11.0 Å². The zero-order chi connectivity index (χ0) is 16.7. The predicted octanol–water partition coefficient (Wildman–Crippen LogP) is 2.30. The average Bonchev–Trinajstić information content (AvgIpc) is 3.15. The first-order valence-electron chi connectivity index (χ1n) is 8.33. The number of aromatic nitrogens is 4. The van der Waals surface area contributed by atoms with Crippen LogP contribution in [0.15, 0.2) is 35.3 Å². The lowest BCUT2D eigenvalue weighted by Gasteiger charge is -2.24. The lowest BCUT2D eigenvalue weighted by Crippen LogP contribution is -2.25. The van der Waals surface area contributed by atoms with Gasteiger partial charge in [0.05, 0.1) is 12.7 Å². The molecule has 0 bridgehead atoms. The third kappa shape index (κ3) is 2.63. The van der Waals surface area contributed by atoms with E-state index in [1.807, 2.05) is 7.05 Å². The molecule has 0 radical (unpaired) electrons. The Hall–Kier alpha value is -2.47. The minimum atomic E-state index is -0.116. The minimum absolute atomic E-state index is 0.116. The zero-order valence-electron chi connectivity index (χ0n) is 14.0. The summed E-state index contributed by atoms with van der Waals surface area (Å²) in [6, 6.07) is 9.07. The molecular weight excluding hydrogens is 302 g/mol. The first-order valence-corrected chi connectivity index (χ1v) is 8.33. The van der Waals surface area contributed by atoms with Crippen LogP contribution in [-0.2, 0) is 13.6 Å². The fourth-order valence-electron chi connectivity index (χ4n) is 3.62. The van der Waals surface area contributed by atoms with E-state index in [4.69, 9.17) is 0 Å². The predicted molar refractivity (Wildman–Crippen MR) is 92.7 cm³/mol. The van der Waals surface area contributed by atoms with Gasteiger partial charge in [-0.25, -0.2) is 4.98 Å². The number of nitrogens with zero attached hydrogens (tertiary/aromatic N) is 4. The summed E-state index contributed by atoms with van der Waals surface area (Å²) in [5.74, 6) is 0.704. The molecule has 1 aliphatic rings. The summed E-state index contributed by atoms with van der Waals surface area (Å²) < 4.78 is 1.65. The van der Waals surface area contributed by atoms with Crippen LogP contribution in [0.5, 0.6) is 0 Å². The maximum atomic E-state index is 12.2. The van der Waals surface area contributed by atoms with Gasteiger partial charge in [0.2, 0.25) is 0 Å². The largest absolute Gasteiger partial charge is 0.309 e. The maximum absolute atomic E-state index is 12.2. The molecule has 2 aromatic heterocycles. The molecule has 24 heavy (non-hydrogen) atoms. The van der Waals surface area contributed by atoms with Crippen molar-refractivity contribution >= 4 is 11.0 Å². The molecule has 6 nitrogen and oxygen atoms in total. The zero-order valence-corrected chi connectivity index (χ0v) is 14.0. The van der Waals surface area contributed by atoms with E-state index in [-0.39, 0.29) is 5.56 Å². The molecule has 1 unspecified atom stereocenters. The van der Waals surface area contributed by atoms with E-state index in [1.165, 1.54) is 11.1 Å². The highest BCUT2D eigenvalue weighted by Crippen LogP contribution is 2.33. The van der Waals surface area contributed by atoms with Gasteiger partial charge in [-0.3, -0.25) is 14.4 Å². The lowest BCUT2D eigenvalue weighted by atomic mass is 10.0. The fraction of sp³-hybridized carbons (Fsp3) is 0.389. The van der Waals surface area contributed by atoms with Gasteiger partial charge < -0.3 is 4.98 Å². The van der Waals surface area contributed by atoms with Crippen LogP contribution in [-0.4, -0.2) is 31.2 Å². The second-order valence-electron chi connectivity index (χ2n) is 6.56. The molecule has 0 aliphatic carbocycles. The van der Waals surface area contributed by atoms with E-state index in [1.54, 1.807) is 10.9 Å². The number of fused-ring (bicyclic) bond motifs is 1. The van der Waals surface area contributed by atoms with E-state index in [0.29, 0.717) is 29.4 Å². The van der Waals surface area contributed by atoms with Gasteiger partial charge in [-0.15, -0.1) is 0 Å². The van der Waals surface area contributed by atoms with Crippen LogP contribution >= 0.6 is 0 Å². The third-order valence-corrected chi connectivity index (χ3v) is 4.79. The number of rotatable bonds is 3. The minimum Gasteiger partial charge on any atom is -0.309 e. The summed E-state index contributed by atoms with van der Waals surface area (Å²) in [7, 11) is 1.81. The molecule has 3 aromatic rings. The summed E-state index contributed by atoms with van der Waals surface area (Å²) in [4.78, 5) is 22.1. The molecule has 1 aromatic carbocycles. The summed E-state index contributed by atoms with van der Waals surface area (Å²) >= 11 is 0. The summed E-state index contributed by atoms with van der Waals surface area (Å²) in [5.41, 5.74) is 3.15. The highest BCUT2D eigenvalue weighted by Gasteiger charge is 2.26. The van der Waals surface area contributed by atoms with E-state index in [2.05, 4.69) is 51.2 Å². The molecule has 6 heteroatoms. The molecule has 1 aliphatic heterocycles. The number of aromatic amines is 1. The Labute approximate surface area is 140 Å². The molecule has 0 spiro atoms. The van der Waals surface area contributed by atoms with Crippen molar-refractivity contribution in [1.82, 2.24) is 24.6 Å². The van der Waals surface area contributed by atoms with Crippen molar-refractivity contribution in [1.29, 1.82) is 0 Å². The van der Waals surface area contributed by atoms with Crippen molar-refractivity contribution in [3.63, 3.8) is 0 Å². The first-order chi connectivity index (χ1) is 11.6. The summed E-state index contributed by atoms with van der Waals surface area (Å²) in [5, 5.41) is 4.66. The van der Waals surface area contributed by atoms with Gasteiger partial charge in [0.1, 0.15) is 11.2 Å². The van der Waals surface area contributed by atoms with Crippen LogP contribution in [0.2, 0.25) is 0 Å². The molecule has 1 N–H and O–H groups in total. The van der Waals surface area contributed by atoms with Crippen molar-refractivity contribution in [3.8, 4) is 0 Å². The number of hydrogen-bond acceptors (Lipinski definition) is 4. The highest BCUT2D eigenvalue weighted by atomic mass is 16.1. The van der Waals surface area contributed by atoms with Crippen LogP contribution in [0.3, 0.4) is 0 Å². The van der Waals surface area contributed by atoms with Gasteiger partial charge in [-0.1, -0.05) is 29.8 Å². The topological polar surface area (TPSA) is 66.8 Å². The normalized spacial score (nSPS) is 18.5. The van der Waals surface area contributed by atoms with E-state index in [0.717, 1.165) is 19.4 Å². The number of nitrogens with one attached hydrogen (secondary N) is 1. The maximum Gasteiger partial charge on any atom is 0.262 e. The Morgan fingerprint density at radius 1 is 1.38 bits per heavy atom. The molecule has 1 fully saturated rings. The first kappa shape index (κ1) is 15.1. The second kappa shape index (κ2) is 5.87. The second-order valence-corrected chi connectivity index (χ2v) is 6.56. The van der Waals surface area contributed by atoms with E-state index >= 15 is 0 Å². The molecule has 0 amide bonds. The van der Waals surface area contributed by atoms with Gasteiger partial charge >= 0.3 is 0 Å². The quantitative estimate of drug-likeness (QED) is 0.803. The molecule has 1 atom stereocenters. The Balaban J connectivity index is 1.64. The van der Waals surface area contributed by atoms with Gasteiger partial charge in [0.15, 0.2) is 5.65 Å². The van der Waals surface area contributed by atoms with Crippen LogP contribution in [0.1, 0.15) is 35.8 Å². The van der Waals surface area contributed by atoms with Gasteiger partial charge in [0, 0.05) is 13.1 Å². The monoisotopic (exact) mass is 323 g/mol. The number of likely N-dealkylation sites (tertiary alicyclic amines) is 1. The number of aryl methyl sites for hydroxylation is 2. The summed E-state index contributed by atoms with van der Waals surface area (Å²) in [6.45, 7) is 3.79. The number of benzene rings is 1. The fourth-order valence-corrected chi connectivity index (χ4v) is 3.62. The SMILES string of the molecule is Cc1cccc(C2CCCN2Cc2nc3c(cnn3C)c(=O)[nH]2)c1. The van der Waals surface area contributed by atoms with Gasteiger partial charge in [-0.05, 0) is 31.9 Å². The van der Waals surface area contributed by atoms with Crippen molar-refractivity contribution in [3.05, 3.63) is 57.8 Å². The molecule has 3 heterocycles. The highest BCUT2D eigenvalue weighted by molar-refractivity contribution is 5.72. The Kier molecular flexibility index (Phi) is 3.69. The van der Waals surface area contributed by atoms with E-state index in [9.17, 15) is 4.79 Å². The molecule has 1 saturated heterocycles. The Bertz CT molecular complexity index is 942. The lowest BCUT2D eigenvalue weighted by molar-refractivity contribution is 0.242. The van der Waals surface area contributed by atoms with Crippen molar-refractivity contribution in [2.75, 3.05) is 6.54 Å².